The van der Waals surface area contributed by atoms with E-state index in [9.17, 15) is 26.3 Å². The summed E-state index contributed by atoms with van der Waals surface area (Å²) in [5, 5.41) is 0. The Morgan fingerprint density at radius 2 is 1.55 bits per heavy atom. The monoisotopic (exact) mass is 364 g/mol. The number of ether oxygens (including phenoxy) is 1. The minimum atomic E-state index is -5.42. The van der Waals surface area contributed by atoms with Crippen LogP contribution in [0.1, 0.15) is 16.0 Å². The van der Waals surface area contributed by atoms with Gasteiger partial charge in [-0.25, -0.2) is 0 Å². The predicted molar refractivity (Wildman–Crippen MR) is 65.0 cm³/mol. The molecule has 0 fully saturated rings. The van der Waals surface area contributed by atoms with Gasteiger partial charge in [0.15, 0.2) is 5.92 Å². The van der Waals surface area contributed by atoms with E-state index in [0.29, 0.717) is 5.56 Å². The summed E-state index contributed by atoms with van der Waals surface area (Å²) >= 11 is 2.53. The van der Waals surface area contributed by atoms with E-state index in [1.54, 1.807) is 6.92 Å². The van der Waals surface area contributed by atoms with E-state index in [-0.39, 0.29) is 11.3 Å². The van der Waals surface area contributed by atoms with E-state index in [0.717, 1.165) is 0 Å². The first kappa shape index (κ1) is 17.1. The first-order valence-electron chi connectivity index (χ1n) is 5.40. The molecule has 1 unspecified atom stereocenters. The number of rotatable bonds is 3. The van der Waals surface area contributed by atoms with Crippen LogP contribution in [0.3, 0.4) is 0 Å². The van der Waals surface area contributed by atoms with Gasteiger partial charge in [0.2, 0.25) is 0 Å². The fourth-order valence-corrected chi connectivity index (χ4v) is 2.72. The third-order valence-corrected chi connectivity index (χ3v) is 3.70. The summed E-state index contributed by atoms with van der Waals surface area (Å²) in [6.07, 6.45) is -10.8. The number of benzene rings is 1. The molecule has 0 aliphatic rings. The van der Waals surface area contributed by atoms with E-state index < -0.39 is 23.1 Å². The van der Waals surface area contributed by atoms with Crippen LogP contribution in [0.15, 0.2) is 18.2 Å². The molecule has 20 heavy (non-hydrogen) atoms. The van der Waals surface area contributed by atoms with Crippen LogP contribution in [-0.2, 0) is 0 Å². The molecule has 0 spiro atoms. The van der Waals surface area contributed by atoms with Crippen molar-refractivity contribution in [3.8, 4) is 5.75 Å². The average Bonchev–Trinajstić information content (AvgIpc) is 2.24. The molecule has 0 heterocycles. The lowest BCUT2D eigenvalue weighted by molar-refractivity contribution is -0.283. The third kappa shape index (κ3) is 3.80. The van der Waals surface area contributed by atoms with Crippen molar-refractivity contribution in [3.63, 3.8) is 0 Å². The summed E-state index contributed by atoms with van der Waals surface area (Å²) < 4.78 is 81.0. The molecule has 0 aliphatic heterocycles. The van der Waals surface area contributed by atoms with E-state index in [4.69, 9.17) is 4.74 Å². The Labute approximate surface area is 120 Å². The standard InChI is InChI=1S/C12H11BrF6O/c1-6-3-4-8(20-2)7(5-6)9(13)10(11(14,15)16)12(17,18)19/h3-5,9-10H,1-2H3. The number of alkyl halides is 7. The van der Waals surface area contributed by atoms with Crippen molar-refractivity contribution in [1.29, 1.82) is 0 Å². The van der Waals surface area contributed by atoms with Crippen LogP contribution in [0.5, 0.6) is 5.75 Å². The van der Waals surface area contributed by atoms with Crippen LogP contribution in [-0.4, -0.2) is 19.5 Å². The van der Waals surface area contributed by atoms with E-state index in [2.05, 4.69) is 15.9 Å². The third-order valence-electron chi connectivity index (χ3n) is 2.68. The highest BCUT2D eigenvalue weighted by Gasteiger charge is 2.60. The summed E-state index contributed by atoms with van der Waals surface area (Å²) in [6.45, 7) is 1.57. The lowest BCUT2D eigenvalue weighted by atomic mass is 9.96. The van der Waals surface area contributed by atoms with Crippen LogP contribution < -0.4 is 4.74 Å². The van der Waals surface area contributed by atoms with Crippen LogP contribution in [0.25, 0.3) is 0 Å². The molecule has 0 saturated carbocycles. The zero-order valence-corrected chi connectivity index (χ0v) is 12.0. The van der Waals surface area contributed by atoms with Crippen molar-refractivity contribution in [2.24, 2.45) is 5.92 Å². The number of methoxy groups -OCH3 is 1. The van der Waals surface area contributed by atoms with Crippen LogP contribution in [0.2, 0.25) is 0 Å². The minimum absolute atomic E-state index is 0.0315. The SMILES string of the molecule is COc1ccc(C)cc1C(Br)C(C(F)(F)F)C(F)(F)F. The van der Waals surface area contributed by atoms with Crippen molar-refractivity contribution < 1.29 is 31.1 Å². The molecule has 0 aliphatic carbocycles. The van der Waals surface area contributed by atoms with Gasteiger partial charge in [-0.2, -0.15) is 26.3 Å². The Morgan fingerprint density at radius 1 is 1.05 bits per heavy atom. The molecule has 1 rings (SSSR count). The summed E-state index contributed by atoms with van der Waals surface area (Å²) in [4.78, 5) is -1.97. The zero-order valence-electron chi connectivity index (χ0n) is 10.4. The fourth-order valence-electron chi connectivity index (χ4n) is 1.77. The van der Waals surface area contributed by atoms with Gasteiger partial charge in [-0.15, -0.1) is 0 Å². The second-order valence-corrected chi connectivity index (χ2v) is 5.19. The highest BCUT2D eigenvalue weighted by molar-refractivity contribution is 9.09. The molecule has 0 bridgehead atoms. The van der Waals surface area contributed by atoms with Crippen molar-refractivity contribution in [1.82, 2.24) is 0 Å². The molecule has 0 radical (unpaired) electrons. The first-order valence-corrected chi connectivity index (χ1v) is 6.32. The molecule has 1 atom stereocenters. The van der Waals surface area contributed by atoms with Crippen molar-refractivity contribution >= 4 is 15.9 Å². The molecular weight excluding hydrogens is 354 g/mol. The maximum absolute atomic E-state index is 12.7. The lowest BCUT2D eigenvalue weighted by Crippen LogP contribution is -2.39. The molecule has 8 heteroatoms. The molecule has 114 valence electrons. The average molecular weight is 365 g/mol. The summed E-state index contributed by atoms with van der Waals surface area (Å²) in [5.41, 5.74) is 0.348. The van der Waals surface area contributed by atoms with Gasteiger partial charge in [-0.3, -0.25) is 0 Å². The van der Waals surface area contributed by atoms with Gasteiger partial charge in [0.25, 0.3) is 0 Å². The van der Waals surface area contributed by atoms with Crippen molar-refractivity contribution in [3.05, 3.63) is 29.3 Å². The Hall–Kier alpha value is -0.920. The first-order chi connectivity index (χ1) is 8.98. The van der Waals surface area contributed by atoms with E-state index >= 15 is 0 Å². The lowest BCUT2D eigenvalue weighted by Gasteiger charge is -2.28. The summed E-state index contributed by atoms with van der Waals surface area (Å²) in [6, 6.07) is 4.11. The number of aryl methyl sites for hydroxylation is 1. The minimum Gasteiger partial charge on any atom is -0.496 e. The van der Waals surface area contributed by atoms with E-state index in [1.165, 1.54) is 25.3 Å². The van der Waals surface area contributed by atoms with Crippen molar-refractivity contribution in [2.75, 3.05) is 7.11 Å². The number of hydrogen-bond acceptors (Lipinski definition) is 1. The number of halogens is 7. The van der Waals surface area contributed by atoms with Gasteiger partial charge in [-0.05, 0) is 13.0 Å². The Balaban J connectivity index is 3.33. The van der Waals surface area contributed by atoms with Gasteiger partial charge >= 0.3 is 12.4 Å². The Kier molecular flexibility index (Phi) is 4.99. The van der Waals surface area contributed by atoms with E-state index in [1.807, 2.05) is 0 Å². The highest BCUT2D eigenvalue weighted by Crippen LogP contribution is 2.51. The smallest absolute Gasteiger partial charge is 0.401 e. The van der Waals surface area contributed by atoms with Crippen molar-refractivity contribution in [2.45, 2.75) is 24.1 Å². The Bertz CT molecular complexity index is 454. The van der Waals surface area contributed by atoms with Gasteiger partial charge in [0.1, 0.15) is 5.75 Å². The molecule has 0 N–H and O–H groups in total. The maximum atomic E-state index is 12.7. The largest absolute Gasteiger partial charge is 0.496 e. The maximum Gasteiger partial charge on any atom is 0.401 e. The molecule has 0 amide bonds. The molecule has 0 saturated heterocycles. The molecule has 1 nitrogen and oxygen atoms in total. The highest BCUT2D eigenvalue weighted by atomic mass is 79.9. The van der Waals surface area contributed by atoms with Crippen LogP contribution in [0, 0.1) is 12.8 Å². The zero-order chi connectivity index (χ0) is 15.7. The molecule has 1 aromatic rings. The summed E-state index contributed by atoms with van der Waals surface area (Å²) in [7, 11) is 1.18. The van der Waals surface area contributed by atoms with Gasteiger partial charge < -0.3 is 4.74 Å². The molecular formula is C12H11BrF6O. The quantitative estimate of drug-likeness (QED) is 0.530. The summed E-state index contributed by atoms with van der Waals surface area (Å²) in [5.74, 6) is -3.54. The van der Waals surface area contributed by atoms with Gasteiger partial charge in [-0.1, -0.05) is 33.6 Å². The number of hydrogen-bond donors (Lipinski definition) is 0. The normalized spacial score (nSPS) is 14.5. The van der Waals surface area contributed by atoms with Crippen LogP contribution in [0.4, 0.5) is 26.3 Å². The fraction of sp³-hybridized carbons (Fsp3) is 0.500. The molecule has 0 aromatic heterocycles. The van der Waals surface area contributed by atoms with Crippen LogP contribution >= 0.6 is 15.9 Å². The topological polar surface area (TPSA) is 9.23 Å². The Morgan fingerprint density at radius 3 is 1.95 bits per heavy atom. The van der Waals surface area contributed by atoms with Gasteiger partial charge in [0, 0.05) is 5.56 Å². The second kappa shape index (κ2) is 5.83. The van der Waals surface area contributed by atoms with Gasteiger partial charge in [0.05, 0.1) is 11.9 Å². The second-order valence-electron chi connectivity index (χ2n) is 4.21. The predicted octanol–water partition coefficient (Wildman–Crippen LogP) is 5.18. The molecule has 1 aromatic carbocycles.